The highest BCUT2D eigenvalue weighted by atomic mass is 19.1. The van der Waals surface area contributed by atoms with E-state index >= 15 is 0 Å². The summed E-state index contributed by atoms with van der Waals surface area (Å²) in [5.74, 6) is -0.396. The molecule has 16 heavy (non-hydrogen) atoms. The lowest BCUT2D eigenvalue weighted by atomic mass is 9.97. The molecule has 1 aromatic carbocycles. The predicted octanol–water partition coefficient (Wildman–Crippen LogP) is 2.61. The van der Waals surface area contributed by atoms with Gasteiger partial charge in [0.25, 0.3) is 0 Å². The monoisotopic (exact) mass is 217 g/mol. The summed E-state index contributed by atoms with van der Waals surface area (Å²) in [4.78, 5) is 0. The van der Waals surface area contributed by atoms with Crippen molar-refractivity contribution in [3.63, 3.8) is 0 Å². The van der Waals surface area contributed by atoms with Gasteiger partial charge in [0.05, 0.1) is 5.92 Å². The first-order valence-corrected chi connectivity index (χ1v) is 5.12. The van der Waals surface area contributed by atoms with Crippen LogP contribution in [0.4, 0.5) is 4.39 Å². The van der Waals surface area contributed by atoms with Crippen molar-refractivity contribution in [1.29, 1.82) is 0 Å². The molecule has 0 saturated heterocycles. The average molecular weight is 217 g/mol. The third-order valence-electron chi connectivity index (χ3n) is 2.65. The fourth-order valence-corrected chi connectivity index (χ4v) is 1.72. The molecule has 0 radical (unpaired) electrons. The molecule has 82 valence electrons. The quantitative estimate of drug-likeness (QED) is 0.561. The molecule has 0 bridgehead atoms. The van der Waals surface area contributed by atoms with Crippen LogP contribution in [0, 0.1) is 11.0 Å². The summed E-state index contributed by atoms with van der Waals surface area (Å²) in [6.07, 6.45) is 1.45. The highest BCUT2D eigenvalue weighted by Gasteiger charge is 2.16. The van der Waals surface area contributed by atoms with Gasteiger partial charge in [-0.3, -0.25) is 0 Å². The van der Waals surface area contributed by atoms with Gasteiger partial charge in [0.2, 0.25) is 0 Å². The Hall–Kier alpha value is -1.90. The molecule has 1 aromatic heterocycles. The SMILES string of the molecule is CC(c1cccc(F)c1)c1cccc[n+]1[O-]. The zero-order valence-corrected chi connectivity index (χ0v) is 8.93. The molecule has 1 heterocycles. The fraction of sp³-hybridized carbons (Fsp3) is 0.154. The molecular formula is C13H12FNO. The topological polar surface area (TPSA) is 26.9 Å². The van der Waals surface area contributed by atoms with Gasteiger partial charge in [0, 0.05) is 12.1 Å². The second kappa shape index (κ2) is 4.31. The first-order chi connectivity index (χ1) is 7.68. The van der Waals surface area contributed by atoms with Crippen LogP contribution in [0.15, 0.2) is 48.7 Å². The molecule has 0 aliphatic carbocycles. The minimum Gasteiger partial charge on any atom is -0.618 e. The smallest absolute Gasteiger partial charge is 0.199 e. The van der Waals surface area contributed by atoms with Gasteiger partial charge >= 0.3 is 0 Å². The first-order valence-electron chi connectivity index (χ1n) is 5.12. The Bertz CT molecular complexity index is 499. The van der Waals surface area contributed by atoms with Crippen LogP contribution in [0.2, 0.25) is 0 Å². The van der Waals surface area contributed by atoms with Crippen LogP contribution in [-0.2, 0) is 0 Å². The molecule has 3 heteroatoms. The van der Waals surface area contributed by atoms with E-state index in [-0.39, 0.29) is 11.7 Å². The number of hydrogen-bond donors (Lipinski definition) is 0. The summed E-state index contributed by atoms with van der Waals surface area (Å²) in [6, 6.07) is 11.6. The number of hydrogen-bond acceptors (Lipinski definition) is 1. The zero-order chi connectivity index (χ0) is 11.5. The molecule has 2 aromatic rings. The molecule has 1 unspecified atom stereocenters. The summed E-state index contributed by atoms with van der Waals surface area (Å²) in [7, 11) is 0. The molecule has 0 aliphatic rings. The number of rotatable bonds is 2. The van der Waals surface area contributed by atoms with Crippen molar-refractivity contribution in [1.82, 2.24) is 0 Å². The zero-order valence-electron chi connectivity index (χ0n) is 8.93. The van der Waals surface area contributed by atoms with Gasteiger partial charge in [-0.25, -0.2) is 4.39 Å². The van der Waals surface area contributed by atoms with Crippen LogP contribution in [0.5, 0.6) is 0 Å². The molecule has 2 rings (SSSR count). The largest absolute Gasteiger partial charge is 0.618 e. The standard InChI is InChI=1S/C13H12FNO/c1-10(11-5-4-6-12(14)9-11)13-7-2-3-8-15(13)16/h2-10H,1H3. The van der Waals surface area contributed by atoms with Crippen molar-refractivity contribution in [3.05, 3.63) is 70.9 Å². The van der Waals surface area contributed by atoms with Crippen molar-refractivity contribution in [3.8, 4) is 0 Å². The second-order valence-electron chi connectivity index (χ2n) is 3.73. The van der Waals surface area contributed by atoms with Crippen LogP contribution < -0.4 is 4.73 Å². The number of benzene rings is 1. The third-order valence-corrected chi connectivity index (χ3v) is 2.65. The van der Waals surface area contributed by atoms with Crippen molar-refractivity contribution in [2.75, 3.05) is 0 Å². The van der Waals surface area contributed by atoms with Gasteiger partial charge in [-0.05, 0) is 30.7 Å². The van der Waals surface area contributed by atoms with E-state index in [0.717, 1.165) is 10.3 Å². The van der Waals surface area contributed by atoms with Gasteiger partial charge in [-0.15, -0.1) is 0 Å². The number of aromatic nitrogens is 1. The molecule has 0 saturated carbocycles. The van der Waals surface area contributed by atoms with Crippen LogP contribution >= 0.6 is 0 Å². The Morgan fingerprint density at radius 3 is 2.69 bits per heavy atom. The molecule has 0 N–H and O–H groups in total. The summed E-state index contributed by atoms with van der Waals surface area (Å²) < 4.78 is 13.9. The van der Waals surface area contributed by atoms with E-state index in [1.807, 2.05) is 13.0 Å². The minimum absolute atomic E-state index is 0.116. The Morgan fingerprint density at radius 2 is 2.00 bits per heavy atom. The highest BCUT2D eigenvalue weighted by Crippen LogP contribution is 2.21. The maximum atomic E-state index is 13.1. The Morgan fingerprint density at radius 1 is 1.19 bits per heavy atom. The van der Waals surface area contributed by atoms with E-state index in [1.165, 1.54) is 18.3 Å². The molecular weight excluding hydrogens is 205 g/mol. The molecule has 2 nitrogen and oxygen atoms in total. The van der Waals surface area contributed by atoms with Crippen LogP contribution in [0.3, 0.4) is 0 Å². The summed E-state index contributed by atoms with van der Waals surface area (Å²) in [6.45, 7) is 1.89. The van der Waals surface area contributed by atoms with Crippen molar-refractivity contribution in [2.45, 2.75) is 12.8 Å². The van der Waals surface area contributed by atoms with E-state index in [9.17, 15) is 9.60 Å². The third kappa shape index (κ3) is 2.03. The van der Waals surface area contributed by atoms with Gasteiger partial charge in [0.15, 0.2) is 11.9 Å². The Balaban J connectivity index is 2.39. The van der Waals surface area contributed by atoms with Crippen LogP contribution in [0.1, 0.15) is 24.1 Å². The molecule has 0 aliphatic heterocycles. The first kappa shape index (κ1) is 10.6. The average Bonchev–Trinajstić information content (AvgIpc) is 2.29. The number of halogens is 1. The maximum Gasteiger partial charge on any atom is 0.199 e. The van der Waals surface area contributed by atoms with Crippen LogP contribution in [0.25, 0.3) is 0 Å². The van der Waals surface area contributed by atoms with E-state index in [0.29, 0.717) is 5.69 Å². The fourth-order valence-electron chi connectivity index (χ4n) is 1.72. The summed E-state index contributed by atoms with van der Waals surface area (Å²) >= 11 is 0. The minimum atomic E-state index is -0.280. The maximum absolute atomic E-state index is 13.1. The molecule has 0 fully saturated rings. The molecule has 0 amide bonds. The predicted molar refractivity (Wildman–Crippen MR) is 59.3 cm³/mol. The molecule has 1 atom stereocenters. The van der Waals surface area contributed by atoms with Gasteiger partial charge in [-0.2, -0.15) is 4.73 Å². The van der Waals surface area contributed by atoms with E-state index in [1.54, 1.807) is 24.3 Å². The molecule has 0 spiro atoms. The number of nitrogens with zero attached hydrogens (tertiary/aromatic N) is 1. The Kier molecular flexibility index (Phi) is 2.86. The lowest BCUT2D eigenvalue weighted by molar-refractivity contribution is -0.614. The van der Waals surface area contributed by atoms with Gasteiger partial charge in [0.1, 0.15) is 5.82 Å². The Labute approximate surface area is 93.6 Å². The second-order valence-corrected chi connectivity index (χ2v) is 3.73. The number of pyridine rings is 1. The van der Waals surface area contributed by atoms with Gasteiger partial charge in [-0.1, -0.05) is 12.1 Å². The van der Waals surface area contributed by atoms with Crippen molar-refractivity contribution >= 4 is 0 Å². The summed E-state index contributed by atoms with van der Waals surface area (Å²) in [5.41, 5.74) is 1.42. The summed E-state index contributed by atoms with van der Waals surface area (Å²) in [5, 5.41) is 11.5. The van der Waals surface area contributed by atoms with E-state index in [2.05, 4.69) is 0 Å². The van der Waals surface area contributed by atoms with Gasteiger partial charge < -0.3 is 5.21 Å². The van der Waals surface area contributed by atoms with Crippen molar-refractivity contribution in [2.24, 2.45) is 0 Å². The van der Waals surface area contributed by atoms with Crippen LogP contribution in [-0.4, -0.2) is 0 Å². The lowest BCUT2D eigenvalue weighted by Crippen LogP contribution is -2.32. The van der Waals surface area contributed by atoms with E-state index < -0.39 is 0 Å². The normalized spacial score (nSPS) is 12.4. The van der Waals surface area contributed by atoms with Crippen molar-refractivity contribution < 1.29 is 9.12 Å². The lowest BCUT2D eigenvalue weighted by Gasteiger charge is -2.11. The highest BCUT2D eigenvalue weighted by molar-refractivity contribution is 5.26. The van der Waals surface area contributed by atoms with E-state index in [4.69, 9.17) is 0 Å².